The Bertz CT molecular complexity index is 853. The van der Waals surface area contributed by atoms with E-state index in [1.54, 1.807) is 6.07 Å². The summed E-state index contributed by atoms with van der Waals surface area (Å²) in [5.41, 5.74) is 0.965. The van der Waals surface area contributed by atoms with Gasteiger partial charge in [0.2, 0.25) is 10.0 Å². The maximum Gasteiger partial charge on any atom is 0.243 e. The molecule has 0 bridgehead atoms. The molecule has 140 valence electrons. The highest BCUT2D eigenvalue weighted by atomic mass is 32.2. The zero-order valence-corrected chi connectivity index (χ0v) is 15.9. The fourth-order valence-corrected chi connectivity index (χ4v) is 4.86. The van der Waals surface area contributed by atoms with E-state index in [0.717, 1.165) is 5.56 Å². The topological polar surface area (TPSA) is 65.1 Å². The zero-order chi connectivity index (χ0) is 18.7. The van der Waals surface area contributed by atoms with Crippen LogP contribution in [0.4, 0.5) is 0 Å². The lowest BCUT2D eigenvalue weighted by Gasteiger charge is -2.38. The molecule has 1 aliphatic rings. The molecule has 0 amide bonds. The van der Waals surface area contributed by atoms with Gasteiger partial charge < -0.3 is 14.2 Å². The van der Waals surface area contributed by atoms with Crippen LogP contribution >= 0.6 is 0 Å². The Morgan fingerprint density at radius 2 is 1.73 bits per heavy atom. The van der Waals surface area contributed by atoms with E-state index >= 15 is 0 Å². The number of ether oxygens (including phenoxy) is 3. The van der Waals surface area contributed by atoms with Crippen molar-refractivity contribution in [3.8, 4) is 11.5 Å². The van der Waals surface area contributed by atoms with Crippen LogP contribution in [-0.2, 0) is 14.8 Å². The minimum Gasteiger partial charge on any atom is -0.493 e. The maximum absolute atomic E-state index is 13.2. The zero-order valence-electron chi connectivity index (χ0n) is 15.1. The van der Waals surface area contributed by atoms with Crippen molar-refractivity contribution in [2.75, 3.05) is 27.4 Å². The van der Waals surface area contributed by atoms with Crippen LogP contribution in [0.15, 0.2) is 53.4 Å². The van der Waals surface area contributed by atoms with Gasteiger partial charge in [0.1, 0.15) is 0 Å². The second-order valence-corrected chi connectivity index (χ2v) is 7.97. The van der Waals surface area contributed by atoms with Crippen LogP contribution in [-0.4, -0.2) is 46.1 Å². The van der Waals surface area contributed by atoms with Gasteiger partial charge in [-0.1, -0.05) is 30.3 Å². The molecule has 26 heavy (non-hydrogen) atoms. The number of hydrogen-bond acceptors (Lipinski definition) is 5. The molecular formula is C19H23NO5S. The number of benzene rings is 2. The van der Waals surface area contributed by atoms with Crippen LogP contribution in [0.2, 0.25) is 0 Å². The molecule has 0 N–H and O–H groups in total. The first-order chi connectivity index (χ1) is 12.5. The molecule has 2 aromatic rings. The van der Waals surface area contributed by atoms with E-state index in [2.05, 4.69) is 0 Å². The number of methoxy groups -OCH3 is 2. The minimum atomic E-state index is -3.69. The third-order valence-corrected chi connectivity index (χ3v) is 6.57. The first-order valence-corrected chi connectivity index (χ1v) is 9.83. The quantitative estimate of drug-likeness (QED) is 0.802. The summed E-state index contributed by atoms with van der Waals surface area (Å²) in [6.45, 7) is 2.52. The van der Waals surface area contributed by atoms with E-state index in [1.807, 2.05) is 37.3 Å². The van der Waals surface area contributed by atoms with Gasteiger partial charge in [0.25, 0.3) is 0 Å². The summed E-state index contributed by atoms with van der Waals surface area (Å²) in [5, 5.41) is 0. The van der Waals surface area contributed by atoms with Crippen molar-refractivity contribution < 1.29 is 22.6 Å². The van der Waals surface area contributed by atoms with Crippen molar-refractivity contribution in [1.29, 1.82) is 0 Å². The summed E-state index contributed by atoms with van der Waals surface area (Å²) in [7, 11) is -0.694. The summed E-state index contributed by atoms with van der Waals surface area (Å²) < 4.78 is 44.2. The fraction of sp³-hybridized carbons (Fsp3) is 0.368. The van der Waals surface area contributed by atoms with Crippen LogP contribution in [0, 0.1) is 0 Å². The lowest BCUT2D eigenvalue weighted by atomic mass is 10.0. The van der Waals surface area contributed by atoms with E-state index in [-0.39, 0.29) is 17.0 Å². The molecule has 1 heterocycles. The smallest absolute Gasteiger partial charge is 0.243 e. The molecule has 1 saturated heterocycles. The van der Waals surface area contributed by atoms with Gasteiger partial charge in [0, 0.05) is 12.6 Å². The van der Waals surface area contributed by atoms with E-state index in [0.29, 0.717) is 24.7 Å². The SMILES string of the molecule is COc1ccc(S(=O)(=O)N2CCO[C@H](c3ccccc3)[C@H]2C)cc1OC. The first kappa shape index (κ1) is 18.7. The molecule has 1 fully saturated rings. The van der Waals surface area contributed by atoms with E-state index in [9.17, 15) is 8.42 Å². The fourth-order valence-electron chi connectivity index (χ4n) is 3.23. The normalized spacial score (nSPS) is 21.3. The minimum absolute atomic E-state index is 0.177. The number of hydrogen-bond donors (Lipinski definition) is 0. The number of rotatable bonds is 5. The Hall–Kier alpha value is -2.09. The van der Waals surface area contributed by atoms with Crippen molar-refractivity contribution in [3.63, 3.8) is 0 Å². The molecule has 0 aromatic heterocycles. The highest BCUT2D eigenvalue weighted by Gasteiger charge is 2.38. The Morgan fingerprint density at radius 3 is 2.38 bits per heavy atom. The van der Waals surface area contributed by atoms with Gasteiger partial charge in [-0.05, 0) is 24.6 Å². The van der Waals surface area contributed by atoms with Crippen LogP contribution in [0.1, 0.15) is 18.6 Å². The Morgan fingerprint density at radius 1 is 1.04 bits per heavy atom. The number of sulfonamides is 1. The van der Waals surface area contributed by atoms with Crippen LogP contribution in [0.5, 0.6) is 11.5 Å². The molecule has 6 nitrogen and oxygen atoms in total. The summed E-state index contributed by atoms with van der Waals surface area (Å²) in [6, 6.07) is 14.0. The molecular weight excluding hydrogens is 354 g/mol. The lowest BCUT2D eigenvalue weighted by molar-refractivity contribution is -0.0361. The highest BCUT2D eigenvalue weighted by Crippen LogP contribution is 2.35. The van der Waals surface area contributed by atoms with Crippen molar-refractivity contribution in [1.82, 2.24) is 4.31 Å². The Balaban J connectivity index is 1.94. The third kappa shape index (κ3) is 3.42. The van der Waals surface area contributed by atoms with Crippen LogP contribution < -0.4 is 9.47 Å². The molecule has 0 unspecified atom stereocenters. The van der Waals surface area contributed by atoms with E-state index in [4.69, 9.17) is 14.2 Å². The van der Waals surface area contributed by atoms with Gasteiger partial charge in [0.15, 0.2) is 11.5 Å². The average Bonchev–Trinajstić information content (AvgIpc) is 2.68. The summed E-state index contributed by atoms with van der Waals surface area (Å²) in [6.07, 6.45) is -0.306. The van der Waals surface area contributed by atoms with Crippen LogP contribution in [0.25, 0.3) is 0 Å². The Kier molecular flexibility index (Phi) is 5.50. The van der Waals surface area contributed by atoms with Crippen LogP contribution in [0.3, 0.4) is 0 Å². The maximum atomic E-state index is 13.2. The molecule has 7 heteroatoms. The number of morpholine rings is 1. The highest BCUT2D eigenvalue weighted by molar-refractivity contribution is 7.89. The summed E-state index contributed by atoms with van der Waals surface area (Å²) >= 11 is 0. The van der Waals surface area contributed by atoms with Crippen molar-refractivity contribution >= 4 is 10.0 Å². The first-order valence-electron chi connectivity index (χ1n) is 8.39. The molecule has 0 radical (unpaired) electrons. The van der Waals surface area contributed by atoms with Gasteiger partial charge in [-0.25, -0.2) is 8.42 Å². The second-order valence-electron chi connectivity index (χ2n) is 6.08. The van der Waals surface area contributed by atoms with Gasteiger partial charge >= 0.3 is 0 Å². The lowest BCUT2D eigenvalue weighted by Crippen LogP contribution is -2.48. The third-order valence-electron chi connectivity index (χ3n) is 4.59. The summed E-state index contributed by atoms with van der Waals surface area (Å²) in [4.78, 5) is 0.177. The largest absolute Gasteiger partial charge is 0.493 e. The van der Waals surface area contributed by atoms with Crippen molar-refractivity contribution in [3.05, 3.63) is 54.1 Å². The van der Waals surface area contributed by atoms with Gasteiger partial charge in [-0.3, -0.25) is 0 Å². The predicted molar refractivity (Wildman–Crippen MR) is 98.0 cm³/mol. The molecule has 3 rings (SSSR count). The van der Waals surface area contributed by atoms with E-state index < -0.39 is 10.0 Å². The monoisotopic (exact) mass is 377 g/mol. The molecule has 0 spiro atoms. The second kappa shape index (κ2) is 7.65. The van der Waals surface area contributed by atoms with Gasteiger partial charge in [-0.2, -0.15) is 4.31 Å². The standard InChI is InChI=1S/C19H23NO5S/c1-14-19(15-7-5-4-6-8-15)25-12-11-20(14)26(21,22)16-9-10-17(23-2)18(13-16)24-3/h4-10,13-14,19H,11-12H2,1-3H3/t14-,19+/m1/s1. The Labute approximate surface area is 154 Å². The molecule has 0 aliphatic carbocycles. The average molecular weight is 377 g/mol. The molecule has 2 atom stereocenters. The van der Waals surface area contributed by atoms with Gasteiger partial charge in [-0.15, -0.1) is 0 Å². The van der Waals surface area contributed by atoms with Crippen molar-refractivity contribution in [2.24, 2.45) is 0 Å². The molecule has 1 aliphatic heterocycles. The molecule has 0 saturated carbocycles. The van der Waals surface area contributed by atoms with Gasteiger partial charge in [0.05, 0.1) is 37.9 Å². The summed E-state index contributed by atoms with van der Waals surface area (Å²) in [5.74, 6) is 0.873. The van der Waals surface area contributed by atoms with Crippen molar-refractivity contribution in [2.45, 2.75) is 24.0 Å². The molecule has 2 aromatic carbocycles. The predicted octanol–water partition coefficient (Wildman–Crippen LogP) is 2.85. The van der Waals surface area contributed by atoms with E-state index in [1.165, 1.54) is 30.7 Å². The number of nitrogens with zero attached hydrogens (tertiary/aromatic N) is 1.